The van der Waals surface area contributed by atoms with E-state index in [0.29, 0.717) is 21.3 Å². The molecule has 1 N–H and O–H groups in total. The Morgan fingerprint density at radius 3 is 2.63 bits per heavy atom. The second-order valence-corrected chi connectivity index (χ2v) is 6.63. The highest BCUT2D eigenvalue weighted by atomic mass is 32.2. The van der Waals surface area contributed by atoms with Crippen molar-refractivity contribution >= 4 is 40.6 Å². The minimum Gasteiger partial charge on any atom is -0.478 e. The minimum absolute atomic E-state index is 0.156. The van der Waals surface area contributed by atoms with Crippen LogP contribution in [0.3, 0.4) is 0 Å². The third-order valence-corrected chi connectivity index (χ3v) is 4.69. The van der Waals surface area contributed by atoms with E-state index in [4.69, 9.17) is 5.11 Å². The van der Waals surface area contributed by atoms with Crippen molar-refractivity contribution in [3.8, 4) is 0 Å². The lowest BCUT2D eigenvalue weighted by atomic mass is 10.2. The van der Waals surface area contributed by atoms with Gasteiger partial charge in [-0.15, -0.1) is 6.58 Å². The van der Waals surface area contributed by atoms with Crippen LogP contribution in [0.15, 0.2) is 71.1 Å². The number of carboxylic acids is 1. The average Bonchev–Trinajstić information content (AvgIpc) is 2.91. The predicted molar refractivity (Wildman–Crippen MR) is 104 cm³/mol. The number of aromatic carboxylic acids is 1. The first-order chi connectivity index (χ1) is 13.0. The Bertz CT molecular complexity index is 967. The van der Waals surface area contributed by atoms with E-state index in [0.717, 1.165) is 0 Å². The molecule has 1 saturated heterocycles. The Kier molecular flexibility index (Phi) is 5.52. The van der Waals surface area contributed by atoms with Crippen molar-refractivity contribution in [1.82, 2.24) is 4.90 Å². The van der Waals surface area contributed by atoms with Crippen LogP contribution in [0.2, 0.25) is 0 Å². The number of rotatable bonds is 5. The zero-order valence-corrected chi connectivity index (χ0v) is 14.9. The summed E-state index contributed by atoms with van der Waals surface area (Å²) in [6.45, 7) is 3.94. The van der Waals surface area contributed by atoms with E-state index in [-0.39, 0.29) is 23.8 Å². The molecule has 1 amide bonds. The Labute approximate surface area is 159 Å². The summed E-state index contributed by atoms with van der Waals surface area (Å²) in [5.74, 6) is -1.64. The molecular formula is C20H15FN2O3S. The van der Waals surface area contributed by atoms with Crippen LogP contribution in [0.5, 0.6) is 0 Å². The molecule has 1 fully saturated rings. The van der Waals surface area contributed by atoms with Gasteiger partial charge in [0.05, 0.1) is 16.2 Å². The van der Waals surface area contributed by atoms with Gasteiger partial charge >= 0.3 is 5.97 Å². The van der Waals surface area contributed by atoms with Crippen LogP contribution in [0.1, 0.15) is 15.9 Å². The van der Waals surface area contributed by atoms with Crippen molar-refractivity contribution in [2.24, 2.45) is 4.99 Å². The smallest absolute Gasteiger partial charge is 0.335 e. The van der Waals surface area contributed by atoms with Crippen molar-refractivity contribution in [3.63, 3.8) is 0 Å². The molecule has 27 heavy (non-hydrogen) atoms. The molecule has 0 atom stereocenters. The molecular weight excluding hydrogens is 367 g/mol. The Morgan fingerprint density at radius 2 is 2.00 bits per heavy atom. The highest BCUT2D eigenvalue weighted by molar-refractivity contribution is 8.18. The number of amides is 1. The molecule has 5 nitrogen and oxygen atoms in total. The van der Waals surface area contributed by atoms with Crippen LogP contribution in [0, 0.1) is 5.82 Å². The van der Waals surface area contributed by atoms with Gasteiger partial charge in [-0.2, -0.15) is 0 Å². The van der Waals surface area contributed by atoms with Crippen LogP contribution in [0.25, 0.3) is 6.08 Å². The van der Waals surface area contributed by atoms with Gasteiger partial charge in [0, 0.05) is 6.54 Å². The Morgan fingerprint density at radius 1 is 1.26 bits per heavy atom. The second-order valence-electron chi connectivity index (χ2n) is 5.62. The first-order valence-corrected chi connectivity index (χ1v) is 8.79. The van der Waals surface area contributed by atoms with Crippen molar-refractivity contribution in [2.45, 2.75) is 0 Å². The Balaban J connectivity index is 1.93. The van der Waals surface area contributed by atoms with Crippen molar-refractivity contribution in [1.29, 1.82) is 0 Å². The molecule has 1 heterocycles. The third-order valence-electron chi connectivity index (χ3n) is 3.69. The summed E-state index contributed by atoms with van der Waals surface area (Å²) in [5, 5.41) is 9.41. The molecule has 7 heteroatoms. The lowest BCUT2D eigenvalue weighted by Crippen LogP contribution is -2.29. The number of hydrogen-bond acceptors (Lipinski definition) is 4. The fraction of sp³-hybridized carbons (Fsp3) is 0.0500. The topological polar surface area (TPSA) is 70.0 Å². The summed E-state index contributed by atoms with van der Waals surface area (Å²) < 4.78 is 13.4. The number of aliphatic imine (C=N–C) groups is 1. The second kappa shape index (κ2) is 8.01. The molecule has 1 aliphatic rings. The minimum atomic E-state index is -1.02. The number of benzene rings is 2. The number of nitrogens with zero attached hydrogens (tertiary/aromatic N) is 2. The zero-order valence-electron chi connectivity index (χ0n) is 14.1. The van der Waals surface area contributed by atoms with E-state index in [1.165, 1.54) is 40.9 Å². The SMILES string of the molecule is C=CCN1C(=O)/C(=C/c2cccc(F)c2)SC1=Nc1ccc(C(=O)O)cc1. The molecule has 0 unspecified atom stereocenters. The van der Waals surface area contributed by atoms with Crippen molar-refractivity contribution < 1.29 is 19.1 Å². The van der Waals surface area contributed by atoms with E-state index in [2.05, 4.69) is 11.6 Å². The van der Waals surface area contributed by atoms with Gasteiger partial charge in [0.15, 0.2) is 5.17 Å². The molecule has 0 radical (unpaired) electrons. The van der Waals surface area contributed by atoms with Gasteiger partial charge in [0.2, 0.25) is 0 Å². The lowest BCUT2D eigenvalue weighted by Gasteiger charge is -2.12. The fourth-order valence-electron chi connectivity index (χ4n) is 2.42. The third kappa shape index (κ3) is 4.32. The number of carbonyl (C=O) groups excluding carboxylic acids is 1. The predicted octanol–water partition coefficient (Wildman–Crippen LogP) is 4.31. The molecule has 2 aromatic rings. The lowest BCUT2D eigenvalue weighted by molar-refractivity contribution is -0.121. The van der Waals surface area contributed by atoms with Gasteiger partial charge < -0.3 is 5.11 Å². The number of carboxylic acid groups (broad SMARTS) is 1. The van der Waals surface area contributed by atoms with Gasteiger partial charge in [0.1, 0.15) is 5.82 Å². The van der Waals surface area contributed by atoms with Crippen molar-refractivity contribution in [3.05, 3.63) is 83.0 Å². The first kappa shape index (κ1) is 18.6. The van der Waals surface area contributed by atoms with Gasteiger partial charge in [-0.3, -0.25) is 9.69 Å². The molecule has 0 aromatic heterocycles. The van der Waals surface area contributed by atoms with Gasteiger partial charge in [-0.25, -0.2) is 14.2 Å². The summed E-state index contributed by atoms with van der Waals surface area (Å²) in [6.07, 6.45) is 3.20. The summed E-state index contributed by atoms with van der Waals surface area (Å²) in [5.41, 5.74) is 1.26. The van der Waals surface area contributed by atoms with Crippen LogP contribution >= 0.6 is 11.8 Å². The number of thioether (sulfide) groups is 1. The van der Waals surface area contributed by atoms with Gasteiger partial charge in [0.25, 0.3) is 5.91 Å². The molecule has 3 rings (SSSR count). The van der Waals surface area contributed by atoms with Crippen LogP contribution < -0.4 is 0 Å². The van der Waals surface area contributed by atoms with E-state index >= 15 is 0 Å². The highest BCUT2D eigenvalue weighted by Crippen LogP contribution is 2.34. The van der Waals surface area contributed by atoms with Gasteiger partial charge in [-0.1, -0.05) is 18.2 Å². The molecule has 136 valence electrons. The van der Waals surface area contributed by atoms with E-state index in [1.54, 1.807) is 36.4 Å². The van der Waals surface area contributed by atoms with Crippen LogP contribution in [-0.4, -0.2) is 33.6 Å². The normalized spacial score (nSPS) is 16.9. The van der Waals surface area contributed by atoms with E-state index in [1.807, 2.05) is 0 Å². The summed E-state index contributed by atoms with van der Waals surface area (Å²) >= 11 is 1.17. The molecule has 0 spiro atoms. The summed E-state index contributed by atoms with van der Waals surface area (Å²) in [6, 6.07) is 12.0. The largest absolute Gasteiger partial charge is 0.478 e. The highest BCUT2D eigenvalue weighted by Gasteiger charge is 2.32. The van der Waals surface area contributed by atoms with Gasteiger partial charge in [-0.05, 0) is 59.8 Å². The molecule has 0 bridgehead atoms. The number of amidine groups is 1. The number of carbonyl (C=O) groups is 2. The number of hydrogen-bond donors (Lipinski definition) is 1. The first-order valence-electron chi connectivity index (χ1n) is 7.98. The average molecular weight is 382 g/mol. The van der Waals surface area contributed by atoms with Crippen LogP contribution in [-0.2, 0) is 4.79 Å². The summed E-state index contributed by atoms with van der Waals surface area (Å²) in [7, 11) is 0. The molecule has 0 saturated carbocycles. The fourth-order valence-corrected chi connectivity index (χ4v) is 3.43. The maximum absolute atomic E-state index is 13.4. The standard InChI is InChI=1S/C20H15FN2O3S/c1-2-10-23-18(24)17(12-13-4-3-5-15(21)11-13)27-20(23)22-16-8-6-14(7-9-16)19(25)26/h2-9,11-12H,1,10H2,(H,25,26)/b17-12-,22-20?. The Hall–Kier alpha value is -3.19. The van der Waals surface area contributed by atoms with E-state index in [9.17, 15) is 14.0 Å². The maximum atomic E-state index is 13.4. The molecule has 1 aliphatic heterocycles. The zero-order chi connectivity index (χ0) is 19.4. The van der Waals surface area contributed by atoms with E-state index < -0.39 is 5.97 Å². The van der Waals surface area contributed by atoms with Crippen molar-refractivity contribution in [2.75, 3.05) is 6.54 Å². The molecule has 2 aromatic carbocycles. The number of halogens is 1. The monoisotopic (exact) mass is 382 g/mol. The summed E-state index contributed by atoms with van der Waals surface area (Å²) in [4.78, 5) is 29.9. The van der Waals surface area contributed by atoms with Crippen LogP contribution in [0.4, 0.5) is 10.1 Å². The quantitative estimate of drug-likeness (QED) is 0.618. The maximum Gasteiger partial charge on any atom is 0.335 e. The molecule has 0 aliphatic carbocycles.